The molecule has 1 saturated heterocycles. The second kappa shape index (κ2) is 2.45. The van der Waals surface area contributed by atoms with E-state index in [9.17, 15) is 9.59 Å². The summed E-state index contributed by atoms with van der Waals surface area (Å²) in [6.45, 7) is 0.653. The third-order valence-corrected chi connectivity index (χ3v) is 2.73. The molecule has 72 valence electrons. The number of carbonyl (C=O) groups excluding carboxylic acids is 1. The molecule has 0 atom stereocenters. The Labute approximate surface area is 75.5 Å². The van der Waals surface area contributed by atoms with Gasteiger partial charge in [0.05, 0.1) is 11.5 Å². The topological polar surface area (TPSA) is 83.6 Å². The fourth-order valence-corrected chi connectivity index (χ4v) is 1.46. The van der Waals surface area contributed by atoms with Gasteiger partial charge in [0.25, 0.3) is 0 Å². The molecule has 3 N–H and O–H groups in total. The van der Waals surface area contributed by atoms with Crippen molar-refractivity contribution < 1.29 is 14.7 Å². The van der Waals surface area contributed by atoms with E-state index in [1.165, 1.54) is 4.90 Å². The van der Waals surface area contributed by atoms with Gasteiger partial charge < -0.3 is 15.7 Å². The summed E-state index contributed by atoms with van der Waals surface area (Å²) in [5, 5.41) is 8.58. The molecule has 0 aromatic carbocycles. The minimum Gasteiger partial charge on any atom is -0.481 e. The maximum absolute atomic E-state index is 11.5. The van der Waals surface area contributed by atoms with E-state index < -0.39 is 11.5 Å². The standard InChI is InChI=1S/C8H12N2O3/c9-8(1-2-8)7(13)10-3-5(4-10)6(11)12/h5H,1-4,9H2,(H,11,12). The first kappa shape index (κ1) is 8.50. The summed E-state index contributed by atoms with van der Waals surface area (Å²) in [5.74, 6) is -1.29. The molecule has 2 rings (SSSR count). The van der Waals surface area contributed by atoms with Crippen molar-refractivity contribution in [1.82, 2.24) is 4.90 Å². The van der Waals surface area contributed by atoms with E-state index in [-0.39, 0.29) is 11.8 Å². The Kier molecular flexibility index (Phi) is 1.60. The number of rotatable bonds is 2. The normalized spacial score (nSPS) is 25.2. The Morgan fingerprint density at radius 1 is 1.38 bits per heavy atom. The Hall–Kier alpha value is -1.10. The predicted molar refractivity (Wildman–Crippen MR) is 43.9 cm³/mol. The van der Waals surface area contributed by atoms with Gasteiger partial charge in [-0.3, -0.25) is 9.59 Å². The van der Waals surface area contributed by atoms with E-state index in [0.29, 0.717) is 13.1 Å². The second-order valence-corrected chi connectivity index (χ2v) is 3.90. The largest absolute Gasteiger partial charge is 0.481 e. The highest BCUT2D eigenvalue weighted by atomic mass is 16.4. The smallest absolute Gasteiger partial charge is 0.310 e. The van der Waals surface area contributed by atoms with Gasteiger partial charge in [-0.15, -0.1) is 0 Å². The molecule has 1 heterocycles. The quantitative estimate of drug-likeness (QED) is 0.577. The Morgan fingerprint density at radius 3 is 2.31 bits per heavy atom. The highest BCUT2D eigenvalue weighted by Crippen LogP contribution is 2.35. The van der Waals surface area contributed by atoms with Gasteiger partial charge in [-0.2, -0.15) is 0 Å². The van der Waals surface area contributed by atoms with Gasteiger partial charge in [-0.1, -0.05) is 0 Å². The maximum atomic E-state index is 11.5. The first-order valence-corrected chi connectivity index (χ1v) is 4.34. The van der Waals surface area contributed by atoms with E-state index in [2.05, 4.69) is 0 Å². The van der Waals surface area contributed by atoms with Crippen LogP contribution in [-0.4, -0.2) is 40.5 Å². The van der Waals surface area contributed by atoms with Gasteiger partial charge in [-0.05, 0) is 12.8 Å². The zero-order valence-electron chi connectivity index (χ0n) is 7.19. The van der Waals surface area contributed by atoms with Crippen molar-refractivity contribution in [3.8, 4) is 0 Å². The fourth-order valence-electron chi connectivity index (χ4n) is 1.46. The number of aliphatic carboxylic acids is 1. The maximum Gasteiger partial charge on any atom is 0.310 e. The van der Waals surface area contributed by atoms with Crippen LogP contribution in [0.25, 0.3) is 0 Å². The van der Waals surface area contributed by atoms with Gasteiger partial charge in [0.15, 0.2) is 0 Å². The molecular formula is C8H12N2O3. The van der Waals surface area contributed by atoms with Gasteiger partial charge in [0.2, 0.25) is 5.91 Å². The summed E-state index contributed by atoms with van der Waals surface area (Å²) >= 11 is 0. The third kappa shape index (κ3) is 1.29. The monoisotopic (exact) mass is 184 g/mol. The van der Waals surface area contributed by atoms with Crippen LogP contribution in [0.1, 0.15) is 12.8 Å². The van der Waals surface area contributed by atoms with Crippen LogP contribution in [-0.2, 0) is 9.59 Å². The van der Waals surface area contributed by atoms with E-state index in [4.69, 9.17) is 10.8 Å². The SMILES string of the molecule is NC1(C(=O)N2CC(C(=O)O)C2)CC1. The first-order chi connectivity index (χ1) is 6.03. The molecule has 2 aliphatic rings. The molecule has 5 heteroatoms. The van der Waals surface area contributed by atoms with Crippen molar-refractivity contribution >= 4 is 11.9 Å². The van der Waals surface area contributed by atoms with Crippen molar-refractivity contribution in [1.29, 1.82) is 0 Å². The molecule has 0 aromatic heterocycles. The third-order valence-electron chi connectivity index (χ3n) is 2.73. The number of carbonyl (C=O) groups is 2. The molecule has 0 aromatic rings. The Balaban J connectivity index is 1.86. The zero-order chi connectivity index (χ0) is 9.64. The summed E-state index contributed by atoms with van der Waals surface area (Å²) in [7, 11) is 0. The summed E-state index contributed by atoms with van der Waals surface area (Å²) in [6.07, 6.45) is 1.47. The lowest BCUT2D eigenvalue weighted by Crippen LogP contribution is -2.58. The summed E-state index contributed by atoms with van der Waals surface area (Å²) in [5.41, 5.74) is 5.03. The van der Waals surface area contributed by atoms with Crippen LogP contribution in [0.4, 0.5) is 0 Å². The fraction of sp³-hybridized carbons (Fsp3) is 0.750. The minimum atomic E-state index is -0.828. The molecule has 13 heavy (non-hydrogen) atoms. The number of likely N-dealkylation sites (tertiary alicyclic amines) is 1. The van der Waals surface area contributed by atoms with Crippen LogP contribution in [0.15, 0.2) is 0 Å². The average molecular weight is 184 g/mol. The average Bonchev–Trinajstić information content (AvgIpc) is 2.64. The summed E-state index contributed by atoms with van der Waals surface area (Å²) < 4.78 is 0. The lowest BCUT2D eigenvalue weighted by molar-refractivity contribution is -0.153. The molecule has 0 radical (unpaired) electrons. The van der Waals surface area contributed by atoms with Crippen molar-refractivity contribution in [2.24, 2.45) is 11.7 Å². The number of hydrogen-bond donors (Lipinski definition) is 2. The lowest BCUT2D eigenvalue weighted by atomic mass is 9.99. The number of carboxylic acids is 1. The lowest BCUT2D eigenvalue weighted by Gasteiger charge is -2.38. The van der Waals surface area contributed by atoms with Gasteiger partial charge in [-0.25, -0.2) is 0 Å². The summed E-state index contributed by atoms with van der Waals surface area (Å²) in [4.78, 5) is 23.5. The van der Waals surface area contributed by atoms with E-state index in [0.717, 1.165) is 12.8 Å². The van der Waals surface area contributed by atoms with Crippen LogP contribution in [0.5, 0.6) is 0 Å². The highest BCUT2D eigenvalue weighted by molar-refractivity contribution is 5.90. The number of nitrogens with zero attached hydrogens (tertiary/aromatic N) is 1. The van der Waals surface area contributed by atoms with E-state index in [1.54, 1.807) is 0 Å². The van der Waals surface area contributed by atoms with E-state index in [1.807, 2.05) is 0 Å². The Bertz CT molecular complexity index is 267. The van der Waals surface area contributed by atoms with Crippen molar-refractivity contribution in [2.45, 2.75) is 18.4 Å². The van der Waals surface area contributed by atoms with Crippen molar-refractivity contribution in [3.05, 3.63) is 0 Å². The number of nitrogens with two attached hydrogens (primary N) is 1. The molecule has 0 spiro atoms. The molecule has 5 nitrogen and oxygen atoms in total. The van der Waals surface area contributed by atoms with Crippen LogP contribution < -0.4 is 5.73 Å². The molecule has 0 bridgehead atoms. The molecule has 0 unspecified atom stereocenters. The van der Waals surface area contributed by atoms with Gasteiger partial charge in [0, 0.05) is 13.1 Å². The molecular weight excluding hydrogens is 172 g/mol. The van der Waals surface area contributed by atoms with Crippen LogP contribution >= 0.6 is 0 Å². The highest BCUT2D eigenvalue weighted by Gasteiger charge is 2.51. The summed E-state index contributed by atoms with van der Waals surface area (Å²) in [6, 6.07) is 0. The van der Waals surface area contributed by atoms with Crippen molar-refractivity contribution in [2.75, 3.05) is 13.1 Å². The number of amides is 1. The van der Waals surface area contributed by atoms with Crippen LogP contribution in [0.2, 0.25) is 0 Å². The van der Waals surface area contributed by atoms with Crippen molar-refractivity contribution in [3.63, 3.8) is 0 Å². The minimum absolute atomic E-state index is 0.0787. The van der Waals surface area contributed by atoms with Crippen LogP contribution in [0, 0.1) is 5.92 Å². The zero-order valence-corrected chi connectivity index (χ0v) is 7.19. The molecule has 1 aliphatic heterocycles. The predicted octanol–water partition coefficient (Wildman–Crippen LogP) is -0.979. The number of carboxylic acid groups (broad SMARTS) is 1. The molecule has 1 amide bonds. The van der Waals surface area contributed by atoms with E-state index >= 15 is 0 Å². The molecule has 1 aliphatic carbocycles. The molecule has 2 fully saturated rings. The second-order valence-electron chi connectivity index (χ2n) is 3.90. The number of hydrogen-bond acceptors (Lipinski definition) is 3. The molecule has 1 saturated carbocycles. The van der Waals surface area contributed by atoms with Crippen LogP contribution in [0.3, 0.4) is 0 Å². The van der Waals surface area contributed by atoms with Gasteiger partial charge in [0.1, 0.15) is 0 Å². The Morgan fingerprint density at radius 2 is 1.92 bits per heavy atom. The van der Waals surface area contributed by atoms with Gasteiger partial charge >= 0.3 is 5.97 Å². The first-order valence-electron chi connectivity index (χ1n) is 4.34.